The molecule has 0 N–H and O–H groups in total. The molecule has 1 aromatic rings. The predicted molar refractivity (Wildman–Crippen MR) is 47.6 cm³/mol. The second-order valence-electron chi connectivity index (χ2n) is 2.55. The first-order valence-electron chi connectivity index (χ1n) is 3.70. The highest BCUT2D eigenvalue weighted by Crippen LogP contribution is 2.29. The van der Waals surface area contributed by atoms with Gasteiger partial charge in [0.2, 0.25) is 0 Å². The standard InChI is InChI=1S/C9H9F3.CH4/c1-2-7-4-3-5-8(6-7)9(10,11)12;/h3-6H,2H2,1H3;1H4. The molecule has 0 aromatic heterocycles. The molecule has 0 amide bonds. The molecule has 0 spiro atoms. The molecule has 13 heavy (non-hydrogen) atoms. The molecule has 1 aromatic carbocycles. The molecule has 0 saturated heterocycles. The quantitative estimate of drug-likeness (QED) is 0.630. The maximum atomic E-state index is 12.1. The van der Waals surface area contributed by atoms with Crippen LogP contribution < -0.4 is 0 Å². The Balaban J connectivity index is 0.00000144. The summed E-state index contributed by atoms with van der Waals surface area (Å²) < 4.78 is 36.3. The van der Waals surface area contributed by atoms with E-state index < -0.39 is 11.7 Å². The zero-order valence-corrected chi connectivity index (χ0v) is 6.65. The number of rotatable bonds is 1. The van der Waals surface area contributed by atoms with Gasteiger partial charge < -0.3 is 0 Å². The lowest BCUT2D eigenvalue weighted by atomic mass is 10.1. The molecule has 0 aliphatic heterocycles. The van der Waals surface area contributed by atoms with Crippen molar-refractivity contribution in [3.05, 3.63) is 35.4 Å². The third-order valence-corrected chi connectivity index (χ3v) is 1.66. The Morgan fingerprint density at radius 3 is 2.31 bits per heavy atom. The first-order chi connectivity index (χ1) is 5.54. The molecule has 0 aliphatic carbocycles. The van der Waals surface area contributed by atoms with Crippen molar-refractivity contribution >= 4 is 0 Å². The van der Waals surface area contributed by atoms with Crippen LogP contribution in [0.4, 0.5) is 13.2 Å². The van der Waals surface area contributed by atoms with Gasteiger partial charge in [0, 0.05) is 0 Å². The molecular weight excluding hydrogens is 177 g/mol. The second kappa shape index (κ2) is 4.30. The van der Waals surface area contributed by atoms with Gasteiger partial charge in [-0.3, -0.25) is 0 Å². The lowest BCUT2D eigenvalue weighted by Gasteiger charge is -2.06. The summed E-state index contributed by atoms with van der Waals surface area (Å²) in [5, 5.41) is 0. The van der Waals surface area contributed by atoms with E-state index in [1.807, 2.05) is 6.92 Å². The van der Waals surface area contributed by atoms with Crippen LogP contribution in [0.3, 0.4) is 0 Å². The van der Waals surface area contributed by atoms with Crippen LogP contribution in [0.15, 0.2) is 24.3 Å². The number of alkyl halides is 3. The van der Waals surface area contributed by atoms with Crippen LogP contribution in [0.2, 0.25) is 0 Å². The lowest BCUT2D eigenvalue weighted by Crippen LogP contribution is -2.04. The fourth-order valence-corrected chi connectivity index (χ4v) is 0.968. The monoisotopic (exact) mass is 190 g/mol. The van der Waals surface area contributed by atoms with E-state index in [1.165, 1.54) is 12.1 Å². The Hall–Kier alpha value is -0.990. The van der Waals surface area contributed by atoms with Crippen molar-refractivity contribution in [1.29, 1.82) is 0 Å². The molecule has 0 nitrogen and oxygen atoms in total. The summed E-state index contributed by atoms with van der Waals surface area (Å²) in [6.07, 6.45) is -3.59. The smallest absolute Gasteiger partial charge is 0.166 e. The van der Waals surface area contributed by atoms with Gasteiger partial charge in [-0.15, -0.1) is 0 Å². The lowest BCUT2D eigenvalue weighted by molar-refractivity contribution is -0.137. The normalized spacial score (nSPS) is 10.8. The fourth-order valence-electron chi connectivity index (χ4n) is 0.968. The van der Waals surface area contributed by atoms with Gasteiger partial charge in [-0.05, 0) is 18.1 Å². The van der Waals surface area contributed by atoms with Crippen molar-refractivity contribution in [2.24, 2.45) is 0 Å². The molecule has 3 heteroatoms. The van der Waals surface area contributed by atoms with E-state index in [0.29, 0.717) is 12.0 Å². The molecule has 0 radical (unpaired) electrons. The Kier molecular flexibility index (Phi) is 3.98. The zero-order valence-electron chi connectivity index (χ0n) is 6.65. The molecule has 0 unspecified atom stereocenters. The Morgan fingerprint density at radius 1 is 1.23 bits per heavy atom. The van der Waals surface area contributed by atoms with E-state index >= 15 is 0 Å². The van der Waals surface area contributed by atoms with Crippen LogP contribution in [-0.4, -0.2) is 0 Å². The largest absolute Gasteiger partial charge is 0.416 e. The summed E-state index contributed by atoms with van der Waals surface area (Å²) in [7, 11) is 0. The highest BCUT2D eigenvalue weighted by Gasteiger charge is 2.30. The van der Waals surface area contributed by atoms with Crippen molar-refractivity contribution in [3.63, 3.8) is 0 Å². The SMILES string of the molecule is C.CCc1cccc(C(F)(F)F)c1. The topological polar surface area (TPSA) is 0 Å². The van der Waals surface area contributed by atoms with Gasteiger partial charge in [0.1, 0.15) is 0 Å². The second-order valence-corrected chi connectivity index (χ2v) is 2.55. The van der Waals surface area contributed by atoms with Crippen LogP contribution in [-0.2, 0) is 12.6 Å². The van der Waals surface area contributed by atoms with Crippen molar-refractivity contribution in [1.82, 2.24) is 0 Å². The van der Waals surface area contributed by atoms with E-state index in [9.17, 15) is 13.2 Å². The van der Waals surface area contributed by atoms with E-state index in [0.717, 1.165) is 6.07 Å². The maximum Gasteiger partial charge on any atom is 0.416 e. The van der Waals surface area contributed by atoms with Crippen molar-refractivity contribution < 1.29 is 13.2 Å². The highest BCUT2D eigenvalue weighted by atomic mass is 19.4. The van der Waals surface area contributed by atoms with Gasteiger partial charge >= 0.3 is 6.18 Å². The van der Waals surface area contributed by atoms with E-state index in [1.54, 1.807) is 6.07 Å². The minimum Gasteiger partial charge on any atom is -0.166 e. The summed E-state index contributed by atoms with van der Waals surface area (Å²) >= 11 is 0. The molecule has 0 bridgehead atoms. The molecule has 74 valence electrons. The number of aryl methyl sites for hydroxylation is 1. The number of halogens is 3. The van der Waals surface area contributed by atoms with Crippen molar-refractivity contribution in [3.8, 4) is 0 Å². The first-order valence-corrected chi connectivity index (χ1v) is 3.70. The van der Waals surface area contributed by atoms with Crippen LogP contribution in [0, 0.1) is 0 Å². The summed E-state index contributed by atoms with van der Waals surface area (Å²) in [5.41, 5.74) is 0.145. The summed E-state index contributed by atoms with van der Waals surface area (Å²) in [5.74, 6) is 0. The molecular formula is C10H13F3. The van der Waals surface area contributed by atoms with E-state index in [-0.39, 0.29) is 7.43 Å². The number of benzene rings is 1. The minimum absolute atomic E-state index is 0. The van der Waals surface area contributed by atoms with Gasteiger partial charge in [0.05, 0.1) is 5.56 Å². The van der Waals surface area contributed by atoms with Gasteiger partial charge in [-0.25, -0.2) is 0 Å². The van der Waals surface area contributed by atoms with E-state index in [4.69, 9.17) is 0 Å². The predicted octanol–water partition coefficient (Wildman–Crippen LogP) is 3.90. The molecule has 0 fully saturated rings. The van der Waals surface area contributed by atoms with Crippen LogP contribution in [0.5, 0.6) is 0 Å². The summed E-state index contributed by atoms with van der Waals surface area (Å²) in [4.78, 5) is 0. The Labute approximate surface area is 76.4 Å². The van der Waals surface area contributed by atoms with Gasteiger partial charge in [-0.2, -0.15) is 13.2 Å². The Bertz CT molecular complexity index is 263. The molecule has 0 aliphatic rings. The average Bonchev–Trinajstić information content (AvgIpc) is 2.03. The maximum absolute atomic E-state index is 12.1. The first kappa shape index (κ1) is 12.0. The van der Waals surface area contributed by atoms with Crippen LogP contribution >= 0.6 is 0 Å². The average molecular weight is 190 g/mol. The number of hydrogen-bond donors (Lipinski definition) is 0. The van der Waals surface area contributed by atoms with Crippen molar-refractivity contribution in [2.75, 3.05) is 0 Å². The van der Waals surface area contributed by atoms with E-state index in [2.05, 4.69) is 0 Å². The van der Waals surface area contributed by atoms with Crippen molar-refractivity contribution in [2.45, 2.75) is 26.9 Å². The summed E-state index contributed by atoms with van der Waals surface area (Å²) in [6.45, 7) is 1.83. The minimum atomic E-state index is -4.22. The molecule has 0 saturated carbocycles. The number of hydrogen-bond acceptors (Lipinski definition) is 0. The van der Waals surface area contributed by atoms with Gasteiger partial charge in [0.25, 0.3) is 0 Å². The highest BCUT2D eigenvalue weighted by molar-refractivity contribution is 5.25. The van der Waals surface area contributed by atoms with Crippen LogP contribution in [0.1, 0.15) is 25.5 Å². The zero-order chi connectivity index (χ0) is 9.19. The van der Waals surface area contributed by atoms with Crippen LogP contribution in [0.25, 0.3) is 0 Å². The molecule has 0 atom stereocenters. The summed E-state index contributed by atoms with van der Waals surface area (Å²) in [6, 6.07) is 5.38. The van der Waals surface area contributed by atoms with Gasteiger partial charge in [0.15, 0.2) is 0 Å². The third kappa shape index (κ3) is 3.09. The Morgan fingerprint density at radius 2 is 1.85 bits per heavy atom. The molecule has 0 heterocycles. The fraction of sp³-hybridized carbons (Fsp3) is 0.400. The van der Waals surface area contributed by atoms with Gasteiger partial charge in [-0.1, -0.05) is 32.5 Å². The molecule has 1 rings (SSSR count). The third-order valence-electron chi connectivity index (χ3n) is 1.66.